The number of hydrogen-bond donors (Lipinski definition) is 1. The van der Waals surface area contributed by atoms with Crippen molar-refractivity contribution >= 4 is 0 Å². The standard InChI is InChI=1S/C18H22FN5O/c1-12(20-9-13-10-21-24(11-13)18(2,3)4)17-22-16(23-25-17)14-5-7-15(19)8-6-14/h5-8,10-12,20H,9H2,1-4H3/t12-/m0/s1. The summed E-state index contributed by atoms with van der Waals surface area (Å²) < 4.78 is 20.3. The molecule has 0 aliphatic rings. The number of hydrogen-bond acceptors (Lipinski definition) is 5. The Morgan fingerprint density at radius 3 is 2.60 bits per heavy atom. The Kier molecular flexibility index (Phi) is 4.67. The molecule has 0 aliphatic heterocycles. The van der Waals surface area contributed by atoms with Gasteiger partial charge in [-0.15, -0.1) is 0 Å². The smallest absolute Gasteiger partial charge is 0.243 e. The maximum absolute atomic E-state index is 13.0. The number of benzene rings is 1. The summed E-state index contributed by atoms with van der Waals surface area (Å²) in [6, 6.07) is 5.89. The van der Waals surface area contributed by atoms with Crippen molar-refractivity contribution in [2.45, 2.75) is 45.8 Å². The molecule has 25 heavy (non-hydrogen) atoms. The lowest BCUT2D eigenvalue weighted by molar-refractivity contribution is 0.338. The molecule has 1 N–H and O–H groups in total. The Morgan fingerprint density at radius 2 is 1.96 bits per heavy atom. The molecule has 132 valence electrons. The summed E-state index contributed by atoms with van der Waals surface area (Å²) >= 11 is 0. The molecule has 0 unspecified atom stereocenters. The zero-order valence-corrected chi connectivity index (χ0v) is 14.8. The van der Waals surface area contributed by atoms with Crippen LogP contribution in [0.1, 0.15) is 45.2 Å². The summed E-state index contributed by atoms with van der Waals surface area (Å²) in [5.74, 6) is 0.644. The van der Waals surface area contributed by atoms with Gasteiger partial charge in [0.25, 0.3) is 0 Å². The van der Waals surface area contributed by atoms with E-state index in [1.807, 2.05) is 24.0 Å². The van der Waals surface area contributed by atoms with E-state index in [0.717, 1.165) is 11.1 Å². The van der Waals surface area contributed by atoms with E-state index >= 15 is 0 Å². The molecular formula is C18H22FN5O. The highest BCUT2D eigenvalue weighted by molar-refractivity contribution is 5.53. The monoisotopic (exact) mass is 343 g/mol. The van der Waals surface area contributed by atoms with E-state index in [-0.39, 0.29) is 17.4 Å². The van der Waals surface area contributed by atoms with Crippen LogP contribution in [0.5, 0.6) is 0 Å². The molecule has 0 bridgehead atoms. The van der Waals surface area contributed by atoms with Crippen LogP contribution in [0.3, 0.4) is 0 Å². The van der Waals surface area contributed by atoms with Gasteiger partial charge in [0.05, 0.1) is 17.8 Å². The van der Waals surface area contributed by atoms with Crippen molar-refractivity contribution in [3.63, 3.8) is 0 Å². The van der Waals surface area contributed by atoms with Crippen molar-refractivity contribution in [2.24, 2.45) is 0 Å². The van der Waals surface area contributed by atoms with Crippen LogP contribution >= 0.6 is 0 Å². The maximum Gasteiger partial charge on any atom is 0.243 e. The molecule has 3 aromatic rings. The first kappa shape index (κ1) is 17.3. The number of rotatable bonds is 5. The molecule has 3 rings (SSSR count). The second-order valence-electron chi connectivity index (χ2n) is 7.03. The van der Waals surface area contributed by atoms with E-state index in [2.05, 4.69) is 41.3 Å². The predicted octanol–water partition coefficient (Wildman–Crippen LogP) is 3.68. The predicted molar refractivity (Wildman–Crippen MR) is 92.2 cm³/mol. The van der Waals surface area contributed by atoms with Crippen molar-refractivity contribution in [1.29, 1.82) is 0 Å². The highest BCUT2D eigenvalue weighted by atomic mass is 19.1. The first-order valence-electron chi connectivity index (χ1n) is 8.20. The van der Waals surface area contributed by atoms with Crippen LogP contribution in [0.15, 0.2) is 41.2 Å². The topological polar surface area (TPSA) is 68.8 Å². The van der Waals surface area contributed by atoms with Crippen molar-refractivity contribution < 1.29 is 8.91 Å². The maximum atomic E-state index is 13.0. The minimum Gasteiger partial charge on any atom is -0.337 e. The lowest BCUT2D eigenvalue weighted by atomic mass is 10.1. The van der Waals surface area contributed by atoms with Gasteiger partial charge in [0, 0.05) is 23.9 Å². The summed E-state index contributed by atoms with van der Waals surface area (Å²) in [6.45, 7) is 8.92. The lowest BCUT2D eigenvalue weighted by Crippen LogP contribution is -2.22. The van der Waals surface area contributed by atoms with E-state index in [9.17, 15) is 4.39 Å². The molecule has 2 heterocycles. The highest BCUT2D eigenvalue weighted by Gasteiger charge is 2.17. The highest BCUT2D eigenvalue weighted by Crippen LogP contribution is 2.19. The van der Waals surface area contributed by atoms with Gasteiger partial charge in [-0.05, 0) is 52.0 Å². The number of nitrogens with zero attached hydrogens (tertiary/aromatic N) is 4. The largest absolute Gasteiger partial charge is 0.337 e. The zero-order valence-electron chi connectivity index (χ0n) is 14.8. The summed E-state index contributed by atoms with van der Waals surface area (Å²) in [5.41, 5.74) is 1.76. The number of aromatic nitrogens is 4. The molecule has 0 spiro atoms. The zero-order chi connectivity index (χ0) is 18.0. The Morgan fingerprint density at radius 1 is 1.24 bits per heavy atom. The second kappa shape index (κ2) is 6.76. The first-order valence-corrected chi connectivity index (χ1v) is 8.20. The van der Waals surface area contributed by atoms with Crippen molar-refractivity contribution in [2.75, 3.05) is 0 Å². The molecule has 0 saturated heterocycles. The Bertz CT molecular complexity index is 832. The molecule has 7 heteroatoms. The van der Waals surface area contributed by atoms with Gasteiger partial charge in [0.2, 0.25) is 11.7 Å². The Labute approximate surface area is 146 Å². The van der Waals surface area contributed by atoms with Gasteiger partial charge in [0.1, 0.15) is 5.82 Å². The molecule has 1 aromatic carbocycles. The Hall–Kier alpha value is -2.54. The number of halogens is 1. The third kappa shape index (κ3) is 4.11. The molecule has 0 fully saturated rings. The minimum absolute atomic E-state index is 0.0413. The fourth-order valence-corrected chi connectivity index (χ4v) is 2.30. The van der Waals surface area contributed by atoms with Crippen LogP contribution in [-0.2, 0) is 12.1 Å². The fraction of sp³-hybridized carbons (Fsp3) is 0.389. The van der Waals surface area contributed by atoms with Crippen LogP contribution in [0, 0.1) is 5.82 Å². The molecule has 1 atom stereocenters. The third-order valence-electron chi connectivity index (χ3n) is 3.85. The summed E-state index contributed by atoms with van der Waals surface area (Å²) in [4.78, 5) is 4.38. The van der Waals surface area contributed by atoms with Crippen molar-refractivity contribution in [3.8, 4) is 11.4 Å². The van der Waals surface area contributed by atoms with Gasteiger partial charge in [-0.25, -0.2) is 4.39 Å². The second-order valence-corrected chi connectivity index (χ2v) is 7.03. The first-order chi connectivity index (χ1) is 11.8. The average Bonchev–Trinajstić information content (AvgIpc) is 3.22. The fourth-order valence-electron chi connectivity index (χ4n) is 2.30. The van der Waals surface area contributed by atoms with Crippen LogP contribution in [-0.4, -0.2) is 19.9 Å². The van der Waals surface area contributed by atoms with Gasteiger partial charge >= 0.3 is 0 Å². The van der Waals surface area contributed by atoms with Crippen LogP contribution < -0.4 is 5.32 Å². The summed E-state index contributed by atoms with van der Waals surface area (Å²) in [6.07, 6.45) is 3.88. The lowest BCUT2D eigenvalue weighted by Gasteiger charge is -2.18. The summed E-state index contributed by atoms with van der Waals surface area (Å²) in [7, 11) is 0. The molecule has 0 aliphatic carbocycles. The van der Waals surface area contributed by atoms with Crippen LogP contribution in [0.2, 0.25) is 0 Å². The third-order valence-corrected chi connectivity index (χ3v) is 3.85. The van der Waals surface area contributed by atoms with E-state index < -0.39 is 0 Å². The minimum atomic E-state index is -0.293. The quantitative estimate of drug-likeness (QED) is 0.765. The molecule has 0 saturated carbocycles. The van der Waals surface area contributed by atoms with E-state index in [4.69, 9.17) is 4.52 Å². The van der Waals surface area contributed by atoms with Gasteiger partial charge in [-0.3, -0.25) is 4.68 Å². The van der Waals surface area contributed by atoms with E-state index in [1.54, 1.807) is 12.1 Å². The van der Waals surface area contributed by atoms with Gasteiger partial charge < -0.3 is 9.84 Å². The van der Waals surface area contributed by atoms with Gasteiger partial charge in [0.15, 0.2) is 0 Å². The van der Waals surface area contributed by atoms with Gasteiger partial charge in [-0.1, -0.05) is 5.16 Å². The van der Waals surface area contributed by atoms with E-state index in [1.165, 1.54) is 12.1 Å². The molecule has 2 aromatic heterocycles. The summed E-state index contributed by atoms with van der Waals surface area (Å²) in [5, 5.41) is 11.7. The Balaban J connectivity index is 1.63. The molecule has 0 radical (unpaired) electrons. The van der Waals surface area contributed by atoms with Crippen LogP contribution in [0.25, 0.3) is 11.4 Å². The average molecular weight is 343 g/mol. The number of nitrogens with one attached hydrogen (secondary N) is 1. The molecule has 0 amide bonds. The molecular weight excluding hydrogens is 321 g/mol. The molecule has 6 nitrogen and oxygen atoms in total. The van der Waals surface area contributed by atoms with Crippen molar-refractivity contribution in [3.05, 3.63) is 53.9 Å². The van der Waals surface area contributed by atoms with Crippen molar-refractivity contribution in [1.82, 2.24) is 25.2 Å². The van der Waals surface area contributed by atoms with Crippen LogP contribution in [0.4, 0.5) is 4.39 Å². The van der Waals surface area contributed by atoms with Gasteiger partial charge in [-0.2, -0.15) is 10.1 Å². The SMILES string of the molecule is C[C@H](NCc1cnn(C(C)(C)C)c1)c1nc(-c2ccc(F)cc2)no1. The van der Waals surface area contributed by atoms with E-state index in [0.29, 0.717) is 18.3 Å². The normalized spacial score (nSPS) is 13.2.